The topological polar surface area (TPSA) is 62.2 Å². The third kappa shape index (κ3) is 2.54. The second kappa shape index (κ2) is 5.61. The van der Waals surface area contributed by atoms with E-state index in [2.05, 4.69) is 4.99 Å². The van der Waals surface area contributed by atoms with E-state index in [1.54, 1.807) is 30.9 Å². The van der Waals surface area contributed by atoms with Crippen molar-refractivity contribution in [2.45, 2.75) is 20.0 Å². The number of amidine groups is 1. The second-order valence-corrected chi connectivity index (χ2v) is 5.86. The van der Waals surface area contributed by atoms with Crippen LogP contribution in [-0.4, -0.2) is 48.5 Å². The van der Waals surface area contributed by atoms with Crippen molar-refractivity contribution in [2.75, 3.05) is 24.5 Å². The first-order valence-corrected chi connectivity index (χ1v) is 7.48. The van der Waals surface area contributed by atoms with Crippen molar-refractivity contribution >= 4 is 35.1 Å². The molecule has 0 aromatic heterocycles. The Morgan fingerprint density at radius 3 is 2.95 bits per heavy atom. The standard InChI is InChI=1S/C15H16ClN3O3/c1-9(2)22-13(20)8-19-12-7-10(16)3-4-11(12)14-17-5-6-18(14)15(19)21/h3-4,7,9H,5-6,8H2,1-2H3. The monoisotopic (exact) mass is 321 g/mol. The van der Waals surface area contributed by atoms with Crippen LogP contribution in [0, 0.1) is 0 Å². The number of nitrogens with zero attached hydrogens (tertiary/aromatic N) is 3. The van der Waals surface area contributed by atoms with Crippen LogP contribution in [0.3, 0.4) is 0 Å². The number of hydrogen-bond donors (Lipinski definition) is 0. The van der Waals surface area contributed by atoms with Crippen LogP contribution in [0.5, 0.6) is 0 Å². The smallest absolute Gasteiger partial charge is 0.330 e. The third-order valence-electron chi connectivity index (χ3n) is 3.45. The number of aliphatic imine (C=N–C) groups is 1. The molecule has 0 bridgehead atoms. The summed E-state index contributed by atoms with van der Waals surface area (Å²) < 4.78 is 5.14. The van der Waals surface area contributed by atoms with E-state index in [4.69, 9.17) is 16.3 Å². The van der Waals surface area contributed by atoms with Gasteiger partial charge in [0.15, 0.2) is 0 Å². The van der Waals surface area contributed by atoms with Crippen molar-refractivity contribution in [3.8, 4) is 0 Å². The highest BCUT2D eigenvalue weighted by Crippen LogP contribution is 2.33. The molecule has 116 valence electrons. The van der Waals surface area contributed by atoms with Gasteiger partial charge < -0.3 is 4.74 Å². The first kappa shape index (κ1) is 14.8. The molecule has 6 nitrogen and oxygen atoms in total. The van der Waals surface area contributed by atoms with E-state index in [1.807, 2.05) is 6.07 Å². The van der Waals surface area contributed by atoms with Crippen molar-refractivity contribution in [3.05, 3.63) is 28.8 Å². The largest absolute Gasteiger partial charge is 0.462 e. The van der Waals surface area contributed by atoms with Gasteiger partial charge >= 0.3 is 12.0 Å². The maximum absolute atomic E-state index is 12.6. The minimum absolute atomic E-state index is 0.145. The Morgan fingerprint density at radius 2 is 2.23 bits per heavy atom. The van der Waals surface area contributed by atoms with E-state index in [0.29, 0.717) is 29.6 Å². The zero-order valence-electron chi connectivity index (χ0n) is 12.4. The van der Waals surface area contributed by atoms with Gasteiger partial charge in [-0.2, -0.15) is 0 Å². The molecular formula is C15H16ClN3O3. The van der Waals surface area contributed by atoms with Crippen molar-refractivity contribution in [2.24, 2.45) is 4.99 Å². The minimum atomic E-state index is -0.450. The van der Waals surface area contributed by atoms with Crippen molar-refractivity contribution in [1.29, 1.82) is 0 Å². The Kier molecular flexibility index (Phi) is 3.78. The van der Waals surface area contributed by atoms with E-state index >= 15 is 0 Å². The molecule has 3 rings (SSSR count). The van der Waals surface area contributed by atoms with Crippen LogP contribution < -0.4 is 4.90 Å². The molecule has 0 N–H and O–H groups in total. The maximum Gasteiger partial charge on any atom is 0.330 e. The van der Waals surface area contributed by atoms with Crippen LogP contribution in [0.15, 0.2) is 23.2 Å². The van der Waals surface area contributed by atoms with Crippen LogP contribution in [0.4, 0.5) is 10.5 Å². The number of hydrogen-bond acceptors (Lipinski definition) is 4. The fourth-order valence-corrected chi connectivity index (χ4v) is 2.78. The van der Waals surface area contributed by atoms with Gasteiger partial charge in [-0.1, -0.05) is 11.6 Å². The van der Waals surface area contributed by atoms with Crippen molar-refractivity contribution in [1.82, 2.24) is 4.90 Å². The number of ether oxygens (including phenoxy) is 1. The number of esters is 1. The summed E-state index contributed by atoms with van der Waals surface area (Å²) in [6, 6.07) is 4.98. The second-order valence-electron chi connectivity index (χ2n) is 5.43. The number of amides is 2. The number of benzene rings is 1. The van der Waals surface area contributed by atoms with Gasteiger partial charge in [-0.25, -0.2) is 4.79 Å². The van der Waals surface area contributed by atoms with Crippen LogP contribution in [0.25, 0.3) is 0 Å². The van der Waals surface area contributed by atoms with Crippen LogP contribution >= 0.6 is 11.6 Å². The summed E-state index contributed by atoms with van der Waals surface area (Å²) in [6.07, 6.45) is -0.227. The lowest BCUT2D eigenvalue weighted by Gasteiger charge is -2.34. The number of fused-ring (bicyclic) bond motifs is 3. The van der Waals surface area contributed by atoms with E-state index in [0.717, 1.165) is 5.56 Å². The SMILES string of the molecule is CC(C)OC(=O)CN1C(=O)N2CCN=C2c2ccc(Cl)cc21. The zero-order valence-corrected chi connectivity index (χ0v) is 13.1. The molecule has 0 atom stereocenters. The first-order chi connectivity index (χ1) is 10.5. The molecule has 7 heteroatoms. The lowest BCUT2D eigenvalue weighted by atomic mass is 10.1. The fourth-order valence-electron chi connectivity index (χ4n) is 2.61. The molecule has 0 radical (unpaired) electrons. The van der Waals surface area contributed by atoms with E-state index in [-0.39, 0.29) is 18.7 Å². The highest BCUT2D eigenvalue weighted by molar-refractivity contribution is 6.31. The molecule has 2 heterocycles. The van der Waals surface area contributed by atoms with Gasteiger partial charge in [-0.05, 0) is 32.0 Å². The maximum atomic E-state index is 12.6. The Balaban J connectivity index is 1.98. The molecule has 0 fully saturated rings. The van der Waals surface area contributed by atoms with E-state index in [9.17, 15) is 9.59 Å². The van der Waals surface area contributed by atoms with Gasteiger partial charge in [0.25, 0.3) is 0 Å². The Hall–Kier alpha value is -2.08. The molecule has 0 saturated carbocycles. The Bertz CT molecular complexity index is 672. The van der Waals surface area contributed by atoms with Crippen molar-refractivity contribution in [3.63, 3.8) is 0 Å². The number of anilines is 1. The Labute approximate surface area is 133 Å². The van der Waals surface area contributed by atoms with Gasteiger partial charge in [0.2, 0.25) is 0 Å². The summed E-state index contributed by atoms with van der Waals surface area (Å²) in [7, 11) is 0. The van der Waals surface area contributed by atoms with Gasteiger partial charge in [0.05, 0.1) is 18.3 Å². The lowest BCUT2D eigenvalue weighted by molar-refractivity contribution is -0.145. The van der Waals surface area contributed by atoms with Gasteiger partial charge in [0.1, 0.15) is 12.4 Å². The lowest BCUT2D eigenvalue weighted by Crippen LogP contribution is -2.51. The highest BCUT2D eigenvalue weighted by atomic mass is 35.5. The average molecular weight is 322 g/mol. The fraction of sp³-hybridized carbons (Fsp3) is 0.400. The zero-order chi connectivity index (χ0) is 15.9. The van der Waals surface area contributed by atoms with Gasteiger partial charge in [0, 0.05) is 17.1 Å². The molecule has 2 amide bonds. The van der Waals surface area contributed by atoms with Crippen LogP contribution in [0.1, 0.15) is 19.4 Å². The molecule has 0 unspecified atom stereocenters. The number of halogens is 1. The summed E-state index contributed by atoms with van der Waals surface area (Å²) in [5.74, 6) is 0.194. The number of carbonyl (C=O) groups excluding carboxylic acids is 2. The van der Waals surface area contributed by atoms with E-state index in [1.165, 1.54) is 4.90 Å². The van der Waals surface area contributed by atoms with Crippen LogP contribution in [0.2, 0.25) is 5.02 Å². The van der Waals surface area contributed by atoms with Gasteiger partial charge in [-0.15, -0.1) is 0 Å². The molecule has 2 aliphatic heterocycles. The van der Waals surface area contributed by atoms with Crippen LogP contribution in [-0.2, 0) is 9.53 Å². The molecular weight excluding hydrogens is 306 g/mol. The number of urea groups is 1. The molecule has 22 heavy (non-hydrogen) atoms. The number of carbonyl (C=O) groups is 2. The molecule has 0 aliphatic carbocycles. The first-order valence-electron chi connectivity index (χ1n) is 7.10. The van der Waals surface area contributed by atoms with E-state index < -0.39 is 5.97 Å². The third-order valence-corrected chi connectivity index (χ3v) is 3.68. The quantitative estimate of drug-likeness (QED) is 0.802. The summed E-state index contributed by atoms with van der Waals surface area (Å²) in [6.45, 7) is 4.48. The summed E-state index contributed by atoms with van der Waals surface area (Å²) >= 11 is 6.05. The average Bonchev–Trinajstić information content (AvgIpc) is 2.92. The normalized spacial score (nSPS) is 16.5. The summed E-state index contributed by atoms with van der Waals surface area (Å²) in [5, 5.41) is 0.501. The Morgan fingerprint density at radius 1 is 1.45 bits per heavy atom. The number of rotatable bonds is 3. The molecule has 1 aromatic carbocycles. The minimum Gasteiger partial charge on any atom is -0.462 e. The molecule has 0 saturated heterocycles. The summed E-state index contributed by atoms with van der Waals surface area (Å²) in [5.41, 5.74) is 1.40. The van der Waals surface area contributed by atoms with Gasteiger partial charge in [-0.3, -0.25) is 19.6 Å². The molecule has 1 aromatic rings. The summed E-state index contributed by atoms with van der Waals surface area (Å²) in [4.78, 5) is 31.9. The van der Waals surface area contributed by atoms with Crippen molar-refractivity contribution < 1.29 is 14.3 Å². The predicted octanol–water partition coefficient (Wildman–Crippen LogP) is 2.29. The predicted molar refractivity (Wildman–Crippen MR) is 83.5 cm³/mol. The highest BCUT2D eigenvalue weighted by Gasteiger charge is 2.38. The molecule has 0 spiro atoms. The molecule has 2 aliphatic rings.